The average molecular weight is 319 g/mol. The van der Waals surface area contributed by atoms with Gasteiger partial charge in [0.15, 0.2) is 0 Å². The van der Waals surface area contributed by atoms with E-state index in [1.165, 1.54) is 6.07 Å². The summed E-state index contributed by atoms with van der Waals surface area (Å²) in [5.74, 6) is -0.637. The second kappa shape index (κ2) is 5.17. The summed E-state index contributed by atoms with van der Waals surface area (Å²) in [5, 5.41) is 1.97. The number of hydrogen-bond donors (Lipinski definition) is 1. The monoisotopic (exact) mass is 319 g/mol. The van der Waals surface area contributed by atoms with E-state index in [1.54, 1.807) is 12.1 Å². The van der Waals surface area contributed by atoms with E-state index in [2.05, 4.69) is 12.1 Å². The van der Waals surface area contributed by atoms with Crippen LogP contribution in [-0.2, 0) is 5.41 Å². The van der Waals surface area contributed by atoms with Crippen LogP contribution in [0.4, 0.5) is 4.39 Å². The van der Waals surface area contributed by atoms with Gasteiger partial charge in [0, 0.05) is 11.0 Å². The summed E-state index contributed by atoms with van der Waals surface area (Å²) in [4.78, 5) is 11.7. The molecule has 120 valence electrons. The molecule has 2 N–H and O–H groups in total. The fourth-order valence-corrected chi connectivity index (χ4v) is 3.89. The van der Waals surface area contributed by atoms with Crippen LogP contribution in [0.5, 0.6) is 0 Å². The first-order valence-electron chi connectivity index (χ1n) is 8.11. The van der Waals surface area contributed by atoms with E-state index in [0.29, 0.717) is 5.56 Å². The molecule has 0 spiro atoms. The molecule has 0 saturated heterocycles. The molecule has 3 aromatic rings. The van der Waals surface area contributed by atoms with Gasteiger partial charge in [-0.2, -0.15) is 0 Å². The topological polar surface area (TPSA) is 43.1 Å². The number of fused-ring (bicyclic) bond motifs is 1. The van der Waals surface area contributed by atoms with Crippen molar-refractivity contribution >= 4 is 16.7 Å². The maximum absolute atomic E-state index is 13.8. The second-order valence-electron chi connectivity index (χ2n) is 6.60. The Morgan fingerprint density at radius 3 is 2.46 bits per heavy atom. The number of amides is 1. The quantitative estimate of drug-likeness (QED) is 0.760. The number of carbonyl (C=O) groups is 1. The summed E-state index contributed by atoms with van der Waals surface area (Å²) in [5.41, 5.74) is 9.09. The van der Waals surface area contributed by atoms with E-state index in [4.69, 9.17) is 5.73 Å². The highest BCUT2D eigenvalue weighted by Gasteiger charge is 2.47. The fraction of sp³-hybridized carbons (Fsp3) is 0.190. The van der Waals surface area contributed by atoms with Crippen LogP contribution >= 0.6 is 0 Å². The molecule has 1 aliphatic carbocycles. The highest BCUT2D eigenvalue weighted by molar-refractivity contribution is 5.95. The van der Waals surface area contributed by atoms with Crippen molar-refractivity contribution in [2.75, 3.05) is 0 Å². The molecule has 1 saturated carbocycles. The molecule has 0 aromatic heterocycles. The number of nitrogens with two attached hydrogens (primary N) is 1. The van der Waals surface area contributed by atoms with Gasteiger partial charge in [0.2, 0.25) is 5.91 Å². The van der Waals surface area contributed by atoms with Crippen LogP contribution in [0.3, 0.4) is 0 Å². The molecule has 0 atom stereocenters. The first-order chi connectivity index (χ1) is 11.5. The molecule has 1 aliphatic rings. The molecule has 0 unspecified atom stereocenters. The van der Waals surface area contributed by atoms with Crippen molar-refractivity contribution in [3.8, 4) is 0 Å². The van der Waals surface area contributed by atoms with Crippen LogP contribution in [0.2, 0.25) is 0 Å². The van der Waals surface area contributed by atoms with Crippen LogP contribution in [0.25, 0.3) is 10.8 Å². The third-order valence-electron chi connectivity index (χ3n) is 5.22. The minimum atomic E-state index is -0.408. The lowest BCUT2D eigenvalue weighted by Gasteiger charge is -2.22. The third kappa shape index (κ3) is 2.12. The third-order valence-corrected chi connectivity index (χ3v) is 5.22. The fourth-order valence-electron chi connectivity index (χ4n) is 3.89. The number of rotatable bonds is 3. The van der Waals surface area contributed by atoms with Gasteiger partial charge in [-0.25, -0.2) is 4.39 Å². The van der Waals surface area contributed by atoms with Crippen LogP contribution in [-0.4, -0.2) is 5.91 Å². The lowest BCUT2D eigenvalue weighted by molar-refractivity contribution is 0.0999. The van der Waals surface area contributed by atoms with Crippen molar-refractivity contribution in [2.45, 2.75) is 25.2 Å². The summed E-state index contributed by atoms with van der Waals surface area (Å²) in [6.07, 6.45) is 1.98. The molecule has 1 fully saturated rings. The first kappa shape index (κ1) is 14.9. The first-order valence-corrected chi connectivity index (χ1v) is 8.11. The van der Waals surface area contributed by atoms with Gasteiger partial charge in [0.25, 0.3) is 0 Å². The van der Waals surface area contributed by atoms with Gasteiger partial charge in [-0.3, -0.25) is 4.79 Å². The van der Waals surface area contributed by atoms with Gasteiger partial charge in [0.1, 0.15) is 5.82 Å². The highest BCUT2D eigenvalue weighted by atomic mass is 19.1. The van der Waals surface area contributed by atoms with Gasteiger partial charge >= 0.3 is 0 Å². The summed E-state index contributed by atoms with van der Waals surface area (Å²) in [7, 11) is 0. The van der Waals surface area contributed by atoms with Gasteiger partial charge in [-0.1, -0.05) is 36.4 Å². The summed E-state index contributed by atoms with van der Waals surface area (Å²) in [6, 6.07) is 16.7. The maximum atomic E-state index is 13.8. The summed E-state index contributed by atoms with van der Waals surface area (Å²) in [6.45, 7) is 1.95. The predicted molar refractivity (Wildman–Crippen MR) is 93.6 cm³/mol. The van der Waals surface area contributed by atoms with Crippen molar-refractivity contribution in [1.29, 1.82) is 0 Å². The van der Waals surface area contributed by atoms with Gasteiger partial charge in [-0.15, -0.1) is 0 Å². The van der Waals surface area contributed by atoms with E-state index in [-0.39, 0.29) is 11.2 Å². The van der Waals surface area contributed by atoms with E-state index < -0.39 is 5.91 Å². The van der Waals surface area contributed by atoms with E-state index >= 15 is 0 Å². The molecule has 0 aliphatic heterocycles. The number of halogens is 1. The van der Waals surface area contributed by atoms with Crippen LogP contribution in [0, 0.1) is 12.7 Å². The summed E-state index contributed by atoms with van der Waals surface area (Å²) >= 11 is 0. The Hall–Kier alpha value is -2.68. The molecule has 1 amide bonds. The molecule has 0 heterocycles. The molecule has 3 aromatic carbocycles. The Labute approximate surface area is 140 Å². The van der Waals surface area contributed by atoms with Crippen molar-refractivity contribution in [3.63, 3.8) is 0 Å². The van der Waals surface area contributed by atoms with Gasteiger partial charge < -0.3 is 5.73 Å². The maximum Gasteiger partial charge on any atom is 0.248 e. The standard InChI is InChI=1S/C21H18FNO/c1-13-16(20(23)24)5-3-6-18(13)21(10-11-21)19-7-2-4-14-8-9-15(22)12-17(14)19/h2-9,12H,10-11H2,1H3,(H2,23,24). The lowest BCUT2D eigenvalue weighted by Crippen LogP contribution is -2.17. The Kier molecular flexibility index (Phi) is 3.20. The normalized spacial score (nSPS) is 15.4. The SMILES string of the molecule is Cc1c(C(N)=O)cccc1C1(c2cccc3ccc(F)cc23)CC1. The Bertz CT molecular complexity index is 973. The zero-order chi connectivity index (χ0) is 16.9. The summed E-state index contributed by atoms with van der Waals surface area (Å²) < 4.78 is 13.8. The van der Waals surface area contributed by atoms with Crippen molar-refractivity contribution in [1.82, 2.24) is 0 Å². The second-order valence-corrected chi connectivity index (χ2v) is 6.60. The molecule has 3 heteroatoms. The minimum Gasteiger partial charge on any atom is -0.366 e. The van der Waals surface area contributed by atoms with Crippen LogP contribution in [0.1, 0.15) is 39.9 Å². The predicted octanol–water partition coefficient (Wildman–Crippen LogP) is 4.47. The molecule has 2 nitrogen and oxygen atoms in total. The number of benzene rings is 3. The number of primary amides is 1. The molecule has 0 bridgehead atoms. The van der Waals surface area contributed by atoms with E-state index in [1.807, 2.05) is 31.2 Å². The van der Waals surface area contributed by atoms with Gasteiger partial charge in [-0.05, 0) is 65.4 Å². The van der Waals surface area contributed by atoms with E-state index in [9.17, 15) is 9.18 Å². The smallest absolute Gasteiger partial charge is 0.248 e. The van der Waals surface area contributed by atoms with Crippen molar-refractivity contribution in [2.24, 2.45) is 5.73 Å². The average Bonchev–Trinajstić information content (AvgIpc) is 3.35. The Balaban J connectivity index is 1.96. The van der Waals surface area contributed by atoms with Gasteiger partial charge in [0.05, 0.1) is 0 Å². The Morgan fingerprint density at radius 2 is 1.75 bits per heavy atom. The highest BCUT2D eigenvalue weighted by Crippen LogP contribution is 2.56. The largest absolute Gasteiger partial charge is 0.366 e. The lowest BCUT2D eigenvalue weighted by atomic mass is 9.81. The van der Waals surface area contributed by atoms with Crippen LogP contribution < -0.4 is 5.73 Å². The molecule has 24 heavy (non-hydrogen) atoms. The van der Waals surface area contributed by atoms with Crippen LogP contribution in [0.15, 0.2) is 54.6 Å². The van der Waals surface area contributed by atoms with Crippen molar-refractivity contribution in [3.05, 3.63) is 82.7 Å². The molecular formula is C21H18FNO. The van der Waals surface area contributed by atoms with Crippen molar-refractivity contribution < 1.29 is 9.18 Å². The Morgan fingerprint density at radius 1 is 1.04 bits per heavy atom. The molecule has 4 rings (SSSR count). The number of hydrogen-bond acceptors (Lipinski definition) is 1. The minimum absolute atomic E-state index is 0.150. The van der Waals surface area contributed by atoms with E-state index in [0.717, 1.165) is 40.3 Å². The zero-order valence-corrected chi connectivity index (χ0v) is 13.5. The number of carbonyl (C=O) groups excluding carboxylic acids is 1. The zero-order valence-electron chi connectivity index (χ0n) is 13.5. The molecule has 0 radical (unpaired) electrons. The molecular weight excluding hydrogens is 301 g/mol.